The molecule has 0 aliphatic rings. The molecule has 0 saturated heterocycles. The van der Waals surface area contributed by atoms with Crippen molar-refractivity contribution in [2.24, 2.45) is 0 Å². The molecule has 21 heavy (non-hydrogen) atoms. The maximum absolute atomic E-state index is 13.8. The minimum absolute atomic E-state index is 0.105. The van der Waals surface area contributed by atoms with Crippen molar-refractivity contribution < 1.29 is 13.2 Å². The van der Waals surface area contributed by atoms with Gasteiger partial charge < -0.3 is 4.57 Å². The third-order valence-corrected chi connectivity index (χ3v) is 3.49. The van der Waals surface area contributed by atoms with Crippen molar-refractivity contribution in [1.82, 2.24) is 9.55 Å². The van der Waals surface area contributed by atoms with Gasteiger partial charge in [0, 0.05) is 11.6 Å². The lowest BCUT2D eigenvalue weighted by molar-refractivity contribution is 0.566. The number of fused-ring (bicyclic) bond motifs is 1. The molecule has 3 rings (SSSR count). The van der Waals surface area contributed by atoms with E-state index in [0.717, 1.165) is 6.07 Å². The first-order valence-electron chi connectivity index (χ1n) is 6.23. The molecule has 0 aliphatic heterocycles. The lowest BCUT2D eigenvalue weighted by atomic mass is 10.2. The molecular formula is C15H10ClF3N2. The van der Waals surface area contributed by atoms with E-state index in [9.17, 15) is 13.2 Å². The highest BCUT2D eigenvalue weighted by molar-refractivity contribution is 6.16. The van der Waals surface area contributed by atoms with Crippen LogP contribution >= 0.6 is 11.6 Å². The largest absolute Gasteiger partial charge is 0.322 e. The van der Waals surface area contributed by atoms with Gasteiger partial charge in [-0.3, -0.25) is 0 Å². The van der Waals surface area contributed by atoms with Crippen molar-refractivity contribution in [3.8, 4) is 0 Å². The van der Waals surface area contributed by atoms with Crippen LogP contribution in [0.2, 0.25) is 0 Å². The number of hydrogen-bond acceptors (Lipinski definition) is 1. The predicted octanol–water partition coefficient (Wildman–Crippen LogP) is 4.24. The van der Waals surface area contributed by atoms with Gasteiger partial charge in [-0.2, -0.15) is 0 Å². The van der Waals surface area contributed by atoms with Gasteiger partial charge in [0.05, 0.1) is 23.5 Å². The van der Waals surface area contributed by atoms with Gasteiger partial charge in [0.2, 0.25) is 0 Å². The van der Waals surface area contributed by atoms with Crippen LogP contribution in [0.5, 0.6) is 0 Å². The second-order valence-corrected chi connectivity index (χ2v) is 4.88. The van der Waals surface area contributed by atoms with Crippen molar-refractivity contribution in [2.75, 3.05) is 0 Å². The van der Waals surface area contributed by atoms with Crippen LogP contribution in [-0.4, -0.2) is 9.55 Å². The highest BCUT2D eigenvalue weighted by Gasteiger charge is 2.13. The third kappa shape index (κ3) is 2.61. The van der Waals surface area contributed by atoms with Crippen LogP contribution in [0.1, 0.15) is 11.4 Å². The Labute approximate surface area is 123 Å². The molecule has 0 amide bonds. The van der Waals surface area contributed by atoms with E-state index in [1.807, 2.05) is 0 Å². The predicted molar refractivity (Wildman–Crippen MR) is 74.7 cm³/mol. The smallest absolute Gasteiger partial charge is 0.131 e. The Morgan fingerprint density at radius 2 is 1.71 bits per heavy atom. The number of nitrogens with zero attached hydrogens (tertiary/aromatic N) is 2. The second kappa shape index (κ2) is 5.41. The quantitative estimate of drug-likeness (QED) is 0.662. The number of alkyl halides is 1. The second-order valence-electron chi connectivity index (χ2n) is 4.62. The topological polar surface area (TPSA) is 17.8 Å². The fourth-order valence-corrected chi connectivity index (χ4v) is 2.45. The first kappa shape index (κ1) is 13.9. The summed E-state index contributed by atoms with van der Waals surface area (Å²) in [6, 6.07) is 7.51. The van der Waals surface area contributed by atoms with E-state index in [0.29, 0.717) is 16.9 Å². The number of halogens is 4. The highest BCUT2D eigenvalue weighted by Crippen LogP contribution is 2.21. The zero-order valence-corrected chi connectivity index (χ0v) is 11.5. The van der Waals surface area contributed by atoms with Gasteiger partial charge in [-0.15, -0.1) is 11.6 Å². The first-order chi connectivity index (χ1) is 10.1. The molecule has 3 aromatic rings. The lowest BCUT2D eigenvalue weighted by Crippen LogP contribution is -2.06. The van der Waals surface area contributed by atoms with Crippen molar-refractivity contribution in [3.05, 3.63) is 65.2 Å². The summed E-state index contributed by atoms with van der Waals surface area (Å²) in [5, 5.41) is 0. The summed E-state index contributed by atoms with van der Waals surface area (Å²) >= 11 is 5.84. The van der Waals surface area contributed by atoms with E-state index in [4.69, 9.17) is 11.6 Å². The van der Waals surface area contributed by atoms with E-state index in [1.165, 1.54) is 30.3 Å². The number of aromatic nitrogens is 2. The summed E-state index contributed by atoms with van der Waals surface area (Å²) < 4.78 is 41.8. The summed E-state index contributed by atoms with van der Waals surface area (Å²) in [5.41, 5.74) is 1.38. The molecular weight excluding hydrogens is 301 g/mol. The molecule has 0 radical (unpaired) electrons. The minimum Gasteiger partial charge on any atom is -0.322 e. The molecule has 0 saturated carbocycles. The van der Waals surface area contributed by atoms with E-state index in [2.05, 4.69) is 4.98 Å². The van der Waals surface area contributed by atoms with Crippen molar-refractivity contribution in [2.45, 2.75) is 12.4 Å². The normalized spacial score (nSPS) is 11.2. The molecule has 2 nitrogen and oxygen atoms in total. The van der Waals surface area contributed by atoms with E-state index in [1.54, 1.807) is 4.57 Å². The van der Waals surface area contributed by atoms with Gasteiger partial charge in [-0.05, 0) is 24.3 Å². The summed E-state index contributed by atoms with van der Waals surface area (Å²) in [4.78, 5) is 4.28. The zero-order valence-electron chi connectivity index (χ0n) is 10.8. The van der Waals surface area contributed by atoms with Crippen molar-refractivity contribution in [1.29, 1.82) is 0 Å². The molecule has 0 aliphatic carbocycles. The van der Waals surface area contributed by atoms with Gasteiger partial charge in [0.1, 0.15) is 23.3 Å². The van der Waals surface area contributed by atoms with Gasteiger partial charge in [0.25, 0.3) is 0 Å². The van der Waals surface area contributed by atoms with Gasteiger partial charge in [-0.1, -0.05) is 6.07 Å². The van der Waals surface area contributed by atoms with Crippen LogP contribution in [0.3, 0.4) is 0 Å². The average molecular weight is 311 g/mol. The molecule has 1 aromatic heterocycles. The molecule has 0 fully saturated rings. The molecule has 0 spiro atoms. The van der Waals surface area contributed by atoms with Crippen LogP contribution in [0, 0.1) is 17.5 Å². The van der Waals surface area contributed by atoms with Crippen LogP contribution < -0.4 is 0 Å². The van der Waals surface area contributed by atoms with Crippen LogP contribution in [-0.2, 0) is 12.4 Å². The lowest BCUT2D eigenvalue weighted by Gasteiger charge is -2.09. The van der Waals surface area contributed by atoms with Gasteiger partial charge in [0.15, 0.2) is 0 Å². The van der Waals surface area contributed by atoms with Crippen molar-refractivity contribution >= 4 is 22.6 Å². The van der Waals surface area contributed by atoms with E-state index >= 15 is 0 Å². The summed E-state index contributed by atoms with van der Waals surface area (Å²) in [5.74, 6) is -1.10. The Morgan fingerprint density at radius 3 is 2.43 bits per heavy atom. The maximum atomic E-state index is 13.8. The molecule has 0 bridgehead atoms. The Bertz CT molecular complexity index is 814. The molecule has 6 heteroatoms. The van der Waals surface area contributed by atoms with Crippen LogP contribution in [0.4, 0.5) is 13.2 Å². The standard InChI is InChI=1S/C15H10ClF3N2/c16-7-15-20-13-4-3-11(18)6-14(13)21(15)8-9-1-2-10(17)5-12(9)19/h1-6H,7-8H2. The Kier molecular flexibility index (Phi) is 3.59. The van der Waals surface area contributed by atoms with E-state index < -0.39 is 17.5 Å². The number of hydrogen-bond donors (Lipinski definition) is 0. The fourth-order valence-electron chi connectivity index (χ4n) is 2.24. The zero-order chi connectivity index (χ0) is 15.0. The average Bonchev–Trinajstić information content (AvgIpc) is 2.79. The molecule has 1 heterocycles. The van der Waals surface area contributed by atoms with Gasteiger partial charge in [-0.25, -0.2) is 18.2 Å². The number of imidazole rings is 1. The van der Waals surface area contributed by atoms with E-state index in [-0.39, 0.29) is 18.0 Å². The Morgan fingerprint density at radius 1 is 1.00 bits per heavy atom. The maximum Gasteiger partial charge on any atom is 0.131 e. The first-order valence-corrected chi connectivity index (χ1v) is 6.76. The summed E-state index contributed by atoms with van der Waals surface area (Å²) in [7, 11) is 0. The fraction of sp³-hybridized carbons (Fsp3) is 0.133. The molecule has 0 unspecified atom stereocenters. The number of benzene rings is 2. The Hall–Kier alpha value is -2.01. The minimum atomic E-state index is -0.659. The third-order valence-electron chi connectivity index (χ3n) is 3.25. The van der Waals surface area contributed by atoms with Crippen LogP contribution in [0.25, 0.3) is 11.0 Å². The monoisotopic (exact) mass is 310 g/mol. The summed E-state index contributed by atoms with van der Waals surface area (Å²) in [6.45, 7) is 0.105. The molecule has 0 N–H and O–H groups in total. The molecule has 0 atom stereocenters. The van der Waals surface area contributed by atoms with Gasteiger partial charge >= 0.3 is 0 Å². The highest BCUT2D eigenvalue weighted by atomic mass is 35.5. The SMILES string of the molecule is Fc1ccc(Cn2c(CCl)nc3ccc(F)cc32)c(F)c1. The number of rotatable bonds is 3. The molecule has 108 valence electrons. The van der Waals surface area contributed by atoms with Crippen LogP contribution in [0.15, 0.2) is 36.4 Å². The van der Waals surface area contributed by atoms with Crippen molar-refractivity contribution in [3.63, 3.8) is 0 Å². The molecule has 2 aromatic carbocycles. The Balaban J connectivity index is 2.12. The summed E-state index contributed by atoms with van der Waals surface area (Å²) in [6.07, 6.45) is 0.